The first-order chi connectivity index (χ1) is 5.81. The van der Waals surface area contributed by atoms with E-state index >= 15 is 0 Å². The summed E-state index contributed by atoms with van der Waals surface area (Å²) in [5.41, 5.74) is 2.46. The molecule has 1 aromatic heterocycles. The van der Waals surface area contributed by atoms with Gasteiger partial charge in [0.05, 0.1) is 15.2 Å². The molecule has 0 saturated carbocycles. The van der Waals surface area contributed by atoms with Crippen LogP contribution in [-0.2, 0) is 6.42 Å². The summed E-state index contributed by atoms with van der Waals surface area (Å²) >= 11 is 1.80. The predicted octanol–water partition coefficient (Wildman–Crippen LogP) is 3.17. The van der Waals surface area contributed by atoms with Crippen molar-refractivity contribution in [1.82, 2.24) is 4.98 Å². The number of rotatable bonds is 1. The maximum atomic E-state index is 4.55. The molecule has 0 aliphatic rings. The number of aromatic nitrogens is 1. The van der Waals surface area contributed by atoms with Gasteiger partial charge in [0.2, 0.25) is 0 Å². The fourth-order valence-corrected chi connectivity index (χ4v) is 2.27. The summed E-state index contributed by atoms with van der Waals surface area (Å²) in [4.78, 5) is 4.55. The van der Waals surface area contributed by atoms with Crippen LogP contribution in [0.4, 0.5) is 0 Å². The second kappa shape index (κ2) is 2.87. The van der Waals surface area contributed by atoms with E-state index in [2.05, 4.69) is 37.0 Å². The fourth-order valence-electron chi connectivity index (χ4n) is 1.28. The van der Waals surface area contributed by atoms with Crippen molar-refractivity contribution in [3.8, 4) is 0 Å². The van der Waals surface area contributed by atoms with Crippen molar-refractivity contribution < 1.29 is 0 Å². The third-order valence-corrected chi connectivity index (χ3v) is 3.13. The van der Waals surface area contributed by atoms with Gasteiger partial charge in [0.15, 0.2) is 0 Å². The minimum atomic E-state index is 1.04. The summed E-state index contributed by atoms with van der Waals surface area (Å²) in [7, 11) is 0. The second-order valence-electron chi connectivity index (χ2n) is 2.88. The quantitative estimate of drug-likeness (QED) is 0.652. The zero-order chi connectivity index (χ0) is 8.55. The highest BCUT2D eigenvalue weighted by atomic mass is 32.1. The highest BCUT2D eigenvalue weighted by molar-refractivity contribution is 7.18. The van der Waals surface area contributed by atoms with Crippen LogP contribution in [0.3, 0.4) is 0 Å². The van der Waals surface area contributed by atoms with Crippen LogP contribution in [0.25, 0.3) is 10.2 Å². The third-order valence-electron chi connectivity index (χ3n) is 1.97. The minimum absolute atomic E-state index is 1.04. The van der Waals surface area contributed by atoms with Crippen molar-refractivity contribution in [3.05, 3.63) is 28.8 Å². The van der Waals surface area contributed by atoms with Gasteiger partial charge in [0.25, 0.3) is 0 Å². The van der Waals surface area contributed by atoms with Gasteiger partial charge < -0.3 is 0 Å². The zero-order valence-electron chi connectivity index (χ0n) is 7.29. The van der Waals surface area contributed by atoms with Crippen LogP contribution < -0.4 is 0 Å². The van der Waals surface area contributed by atoms with Crippen molar-refractivity contribution in [2.24, 2.45) is 0 Å². The summed E-state index contributed by atoms with van der Waals surface area (Å²) < 4.78 is 1.31. The van der Waals surface area contributed by atoms with Crippen LogP contribution in [0.1, 0.15) is 17.5 Å². The first-order valence-electron chi connectivity index (χ1n) is 4.16. The number of aryl methyl sites for hydroxylation is 2. The van der Waals surface area contributed by atoms with Crippen LogP contribution in [0.2, 0.25) is 0 Å². The van der Waals surface area contributed by atoms with Gasteiger partial charge in [-0.2, -0.15) is 0 Å². The molecular formula is C10H11NS. The lowest BCUT2D eigenvalue weighted by Gasteiger charge is -1.90. The number of nitrogens with zero attached hydrogens (tertiary/aromatic N) is 1. The Balaban J connectivity index is 2.74. The number of hydrogen-bond donors (Lipinski definition) is 0. The molecule has 12 heavy (non-hydrogen) atoms. The van der Waals surface area contributed by atoms with E-state index in [0.717, 1.165) is 6.42 Å². The Morgan fingerprint density at radius 3 is 2.92 bits per heavy atom. The summed E-state index contributed by atoms with van der Waals surface area (Å²) in [6.45, 7) is 4.26. The third kappa shape index (κ3) is 1.12. The van der Waals surface area contributed by atoms with Gasteiger partial charge >= 0.3 is 0 Å². The van der Waals surface area contributed by atoms with Crippen LogP contribution in [0, 0.1) is 6.92 Å². The Kier molecular flexibility index (Phi) is 1.85. The molecule has 1 aromatic carbocycles. The maximum absolute atomic E-state index is 4.55. The van der Waals surface area contributed by atoms with E-state index in [4.69, 9.17) is 0 Å². The SMILES string of the molecule is CCc1nc2c(C)cccc2s1. The maximum Gasteiger partial charge on any atom is 0.0935 e. The molecule has 2 aromatic rings. The van der Waals surface area contributed by atoms with Crippen LogP contribution in [0.5, 0.6) is 0 Å². The van der Waals surface area contributed by atoms with E-state index < -0.39 is 0 Å². The average molecular weight is 177 g/mol. The molecule has 0 amide bonds. The minimum Gasteiger partial charge on any atom is -0.241 e. The van der Waals surface area contributed by atoms with E-state index in [1.54, 1.807) is 11.3 Å². The number of hydrogen-bond acceptors (Lipinski definition) is 2. The molecule has 0 saturated heterocycles. The van der Waals surface area contributed by atoms with Gasteiger partial charge in [-0.05, 0) is 25.0 Å². The molecule has 0 radical (unpaired) electrons. The predicted molar refractivity (Wildman–Crippen MR) is 53.7 cm³/mol. The molecule has 1 nitrogen and oxygen atoms in total. The molecule has 0 N–H and O–H groups in total. The van der Waals surface area contributed by atoms with Gasteiger partial charge in [0, 0.05) is 0 Å². The van der Waals surface area contributed by atoms with Crippen molar-refractivity contribution in [3.63, 3.8) is 0 Å². The Hall–Kier alpha value is -0.890. The number of fused-ring (bicyclic) bond motifs is 1. The van der Waals surface area contributed by atoms with E-state index in [1.807, 2.05) is 0 Å². The summed E-state index contributed by atoms with van der Waals surface area (Å²) in [5.74, 6) is 0. The molecule has 2 heteroatoms. The number of thiazole rings is 1. The van der Waals surface area contributed by atoms with Crippen LogP contribution in [0.15, 0.2) is 18.2 Å². The van der Waals surface area contributed by atoms with Crippen LogP contribution >= 0.6 is 11.3 Å². The monoisotopic (exact) mass is 177 g/mol. The molecule has 0 aliphatic heterocycles. The smallest absolute Gasteiger partial charge is 0.0935 e. The van der Waals surface area contributed by atoms with Gasteiger partial charge in [-0.3, -0.25) is 0 Å². The lowest BCUT2D eigenvalue weighted by atomic mass is 10.2. The van der Waals surface area contributed by atoms with Gasteiger partial charge in [-0.15, -0.1) is 11.3 Å². The molecule has 0 spiro atoms. The van der Waals surface area contributed by atoms with Crippen molar-refractivity contribution in [1.29, 1.82) is 0 Å². The largest absolute Gasteiger partial charge is 0.241 e. The summed E-state index contributed by atoms with van der Waals surface area (Å²) in [6.07, 6.45) is 1.04. The topological polar surface area (TPSA) is 12.9 Å². The number of benzene rings is 1. The summed E-state index contributed by atoms with van der Waals surface area (Å²) in [5, 5.41) is 1.24. The summed E-state index contributed by atoms with van der Waals surface area (Å²) in [6, 6.07) is 6.34. The van der Waals surface area contributed by atoms with Gasteiger partial charge in [0.1, 0.15) is 0 Å². The van der Waals surface area contributed by atoms with Crippen molar-refractivity contribution >= 4 is 21.6 Å². The zero-order valence-corrected chi connectivity index (χ0v) is 8.11. The fraction of sp³-hybridized carbons (Fsp3) is 0.300. The van der Waals surface area contributed by atoms with Crippen molar-refractivity contribution in [2.75, 3.05) is 0 Å². The molecule has 62 valence electrons. The lowest BCUT2D eigenvalue weighted by molar-refractivity contribution is 1.11. The Bertz CT molecular complexity index is 403. The standard InChI is InChI=1S/C10H11NS/c1-3-9-11-10-7(2)5-4-6-8(10)12-9/h4-6H,3H2,1-2H3. The molecule has 1 heterocycles. The van der Waals surface area contributed by atoms with E-state index in [9.17, 15) is 0 Å². The molecule has 0 atom stereocenters. The highest BCUT2D eigenvalue weighted by Gasteiger charge is 2.02. The number of para-hydroxylation sites is 1. The second-order valence-corrected chi connectivity index (χ2v) is 4.00. The first-order valence-corrected chi connectivity index (χ1v) is 4.98. The molecule has 0 aliphatic carbocycles. The van der Waals surface area contributed by atoms with E-state index in [0.29, 0.717) is 0 Å². The van der Waals surface area contributed by atoms with Gasteiger partial charge in [-0.25, -0.2) is 4.98 Å². The van der Waals surface area contributed by atoms with Crippen molar-refractivity contribution in [2.45, 2.75) is 20.3 Å². The molecule has 2 rings (SSSR count). The molecule has 0 unspecified atom stereocenters. The van der Waals surface area contributed by atoms with Gasteiger partial charge in [-0.1, -0.05) is 19.1 Å². The Morgan fingerprint density at radius 1 is 1.42 bits per heavy atom. The highest BCUT2D eigenvalue weighted by Crippen LogP contribution is 2.24. The average Bonchev–Trinajstić information content (AvgIpc) is 2.49. The van der Waals surface area contributed by atoms with E-state index in [-0.39, 0.29) is 0 Å². The Morgan fingerprint density at radius 2 is 2.25 bits per heavy atom. The molecule has 0 bridgehead atoms. The Labute approximate surface area is 76.1 Å². The first kappa shape index (κ1) is 7.74. The lowest BCUT2D eigenvalue weighted by Crippen LogP contribution is -1.77. The molecule has 0 fully saturated rings. The normalized spacial score (nSPS) is 10.8. The molecular weight excluding hydrogens is 166 g/mol. The van der Waals surface area contributed by atoms with Crippen LogP contribution in [-0.4, -0.2) is 4.98 Å². The van der Waals surface area contributed by atoms with E-state index in [1.165, 1.54) is 20.8 Å².